The molecule has 5 heterocycles. The lowest BCUT2D eigenvalue weighted by molar-refractivity contribution is -0.0365. The average Bonchev–Trinajstić information content (AvgIpc) is 3.43. The van der Waals surface area contributed by atoms with Gasteiger partial charge in [-0.3, -0.25) is 0 Å². The number of aromatic nitrogens is 3. The van der Waals surface area contributed by atoms with Crippen molar-refractivity contribution >= 4 is 33.6 Å². The number of nitrogens with one attached hydrogen (secondary N) is 1. The molecule has 3 atom stereocenters. The number of nitrogens with zero attached hydrogens (tertiary/aromatic N) is 4. The topological polar surface area (TPSA) is 90.7 Å². The van der Waals surface area contributed by atoms with Gasteiger partial charge in [0.1, 0.15) is 17.1 Å². The summed E-state index contributed by atoms with van der Waals surface area (Å²) in [4.78, 5) is 20.3. The van der Waals surface area contributed by atoms with Crippen LogP contribution in [0.2, 0.25) is 0 Å². The monoisotopic (exact) mass is 611 g/mol. The quantitative estimate of drug-likeness (QED) is 0.253. The smallest absolute Gasteiger partial charge is 0.407 e. The normalized spacial score (nSPS) is 22.9. The number of pyridine rings is 1. The number of fused-ring (bicyclic) bond motifs is 2. The maximum absolute atomic E-state index is 12.6. The van der Waals surface area contributed by atoms with Gasteiger partial charge in [-0.05, 0) is 94.9 Å². The summed E-state index contributed by atoms with van der Waals surface area (Å²) in [6, 6.07) is 17.4. The van der Waals surface area contributed by atoms with Gasteiger partial charge in [-0.2, -0.15) is 5.10 Å². The van der Waals surface area contributed by atoms with Gasteiger partial charge >= 0.3 is 6.09 Å². The van der Waals surface area contributed by atoms with E-state index in [0.29, 0.717) is 12.5 Å². The number of alkyl carbamates (subject to hydrolysis) is 1. The van der Waals surface area contributed by atoms with E-state index in [2.05, 4.69) is 63.4 Å². The molecule has 9 heteroatoms. The van der Waals surface area contributed by atoms with E-state index in [0.717, 1.165) is 110 Å². The van der Waals surface area contributed by atoms with Gasteiger partial charge in [-0.15, -0.1) is 0 Å². The second-order valence-corrected chi connectivity index (χ2v) is 13.8. The summed E-state index contributed by atoms with van der Waals surface area (Å²) in [6.07, 6.45) is 6.77. The molecule has 7 rings (SSSR count). The Hall–Kier alpha value is -3.69. The molecule has 4 aromatic rings. The van der Waals surface area contributed by atoms with Crippen molar-refractivity contribution in [1.29, 1.82) is 0 Å². The molecule has 3 aliphatic rings. The molecule has 45 heavy (non-hydrogen) atoms. The molecule has 2 aromatic heterocycles. The van der Waals surface area contributed by atoms with Crippen LogP contribution < -0.4 is 10.2 Å². The summed E-state index contributed by atoms with van der Waals surface area (Å²) in [7, 11) is 0. The van der Waals surface area contributed by atoms with Crippen LogP contribution in [-0.4, -0.2) is 65.4 Å². The minimum absolute atomic E-state index is 0.0263. The first-order chi connectivity index (χ1) is 21.8. The van der Waals surface area contributed by atoms with E-state index in [1.807, 2.05) is 20.8 Å². The number of carbonyl (C=O) groups excluding carboxylic acids is 1. The number of anilines is 1. The Balaban J connectivity index is 1.29. The zero-order valence-corrected chi connectivity index (χ0v) is 26.8. The van der Waals surface area contributed by atoms with E-state index in [4.69, 9.17) is 24.3 Å². The van der Waals surface area contributed by atoms with Gasteiger partial charge in [0.15, 0.2) is 6.23 Å². The highest BCUT2D eigenvalue weighted by molar-refractivity contribution is 5.99. The van der Waals surface area contributed by atoms with Crippen LogP contribution >= 0.6 is 0 Å². The van der Waals surface area contributed by atoms with E-state index in [1.165, 1.54) is 5.56 Å². The van der Waals surface area contributed by atoms with E-state index in [-0.39, 0.29) is 18.4 Å². The Morgan fingerprint density at radius 1 is 0.978 bits per heavy atom. The van der Waals surface area contributed by atoms with Crippen molar-refractivity contribution < 1.29 is 19.0 Å². The molecule has 9 nitrogen and oxygen atoms in total. The second-order valence-electron chi connectivity index (χ2n) is 13.8. The number of ether oxygens (including phenoxy) is 3. The fourth-order valence-electron chi connectivity index (χ4n) is 7.05. The minimum atomic E-state index is -0.538. The summed E-state index contributed by atoms with van der Waals surface area (Å²) in [5.74, 6) is 1.31. The highest BCUT2D eigenvalue weighted by Gasteiger charge is 2.28. The lowest BCUT2D eigenvalue weighted by atomic mass is 9.92. The molecule has 3 fully saturated rings. The van der Waals surface area contributed by atoms with Gasteiger partial charge in [-0.1, -0.05) is 30.3 Å². The first-order valence-electron chi connectivity index (χ1n) is 16.7. The van der Waals surface area contributed by atoms with Crippen LogP contribution in [0.5, 0.6) is 0 Å². The number of hydrogen-bond acceptors (Lipinski definition) is 7. The fourth-order valence-corrected chi connectivity index (χ4v) is 7.05. The van der Waals surface area contributed by atoms with Crippen molar-refractivity contribution in [3.05, 3.63) is 54.1 Å². The lowest BCUT2D eigenvalue weighted by Crippen LogP contribution is -2.49. The van der Waals surface area contributed by atoms with Gasteiger partial charge in [0.05, 0.1) is 17.8 Å². The first-order valence-corrected chi connectivity index (χ1v) is 16.7. The Morgan fingerprint density at radius 2 is 1.87 bits per heavy atom. The maximum atomic E-state index is 12.6. The van der Waals surface area contributed by atoms with Crippen LogP contribution in [0, 0.1) is 0 Å². The fraction of sp³-hybridized carbons (Fsp3) is 0.528. The van der Waals surface area contributed by atoms with Gasteiger partial charge in [0.2, 0.25) is 0 Å². The molecular formula is C36H45N5O4. The van der Waals surface area contributed by atoms with Gasteiger partial charge in [-0.25, -0.2) is 14.5 Å². The SMILES string of the molecule is CC(C)(C)OC(=O)N[C@H]1CCCN(c2nc(-c3nn(C4CCCCO4)c4ccc(C5CCCOC5)cc34)cc3ccccc23)C1. The highest BCUT2D eigenvalue weighted by atomic mass is 16.6. The van der Waals surface area contributed by atoms with Crippen molar-refractivity contribution in [2.24, 2.45) is 0 Å². The van der Waals surface area contributed by atoms with Crippen LogP contribution in [0.15, 0.2) is 48.5 Å². The van der Waals surface area contributed by atoms with Crippen LogP contribution in [0.3, 0.4) is 0 Å². The third-order valence-corrected chi connectivity index (χ3v) is 9.20. The maximum Gasteiger partial charge on any atom is 0.407 e. The molecular weight excluding hydrogens is 566 g/mol. The third-order valence-electron chi connectivity index (χ3n) is 9.20. The summed E-state index contributed by atoms with van der Waals surface area (Å²) in [5, 5.41) is 11.7. The molecule has 0 spiro atoms. The summed E-state index contributed by atoms with van der Waals surface area (Å²) in [6.45, 7) is 9.54. The molecule has 0 aliphatic carbocycles. The molecule has 3 saturated heterocycles. The van der Waals surface area contributed by atoms with Crippen molar-refractivity contribution in [3.8, 4) is 11.4 Å². The summed E-state index contributed by atoms with van der Waals surface area (Å²) < 4.78 is 19.7. The Kier molecular flexibility index (Phi) is 8.40. The molecule has 1 N–H and O–H groups in total. The van der Waals surface area contributed by atoms with Gasteiger partial charge in [0, 0.05) is 49.0 Å². The van der Waals surface area contributed by atoms with E-state index in [9.17, 15) is 4.79 Å². The van der Waals surface area contributed by atoms with E-state index < -0.39 is 5.60 Å². The first kappa shape index (κ1) is 30.0. The Bertz CT molecular complexity index is 1670. The predicted molar refractivity (Wildman–Crippen MR) is 177 cm³/mol. The van der Waals surface area contributed by atoms with E-state index in [1.54, 1.807) is 0 Å². The zero-order valence-electron chi connectivity index (χ0n) is 26.8. The van der Waals surface area contributed by atoms with Crippen molar-refractivity contribution in [2.75, 3.05) is 37.8 Å². The molecule has 238 valence electrons. The molecule has 2 unspecified atom stereocenters. The Morgan fingerprint density at radius 3 is 2.67 bits per heavy atom. The van der Waals surface area contributed by atoms with E-state index >= 15 is 0 Å². The molecule has 0 bridgehead atoms. The third kappa shape index (κ3) is 6.51. The second kappa shape index (κ2) is 12.6. The summed E-state index contributed by atoms with van der Waals surface area (Å²) in [5.41, 5.74) is 3.56. The van der Waals surface area contributed by atoms with Crippen molar-refractivity contribution in [1.82, 2.24) is 20.1 Å². The molecule has 2 aromatic carbocycles. The molecule has 0 radical (unpaired) electrons. The molecule has 0 saturated carbocycles. The Labute approximate surface area is 265 Å². The van der Waals surface area contributed by atoms with Gasteiger partial charge < -0.3 is 24.4 Å². The summed E-state index contributed by atoms with van der Waals surface area (Å²) >= 11 is 0. The zero-order chi connectivity index (χ0) is 31.0. The van der Waals surface area contributed by atoms with Crippen LogP contribution in [-0.2, 0) is 14.2 Å². The number of hydrogen-bond donors (Lipinski definition) is 1. The number of carbonyl (C=O) groups is 1. The largest absolute Gasteiger partial charge is 0.444 e. The minimum Gasteiger partial charge on any atom is -0.444 e. The predicted octanol–water partition coefficient (Wildman–Crippen LogP) is 7.34. The van der Waals surface area contributed by atoms with Gasteiger partial charge in [0.25, 0.3) is 0 Å². The number of piperidine rings is 1. The van der Waals surface area contributed by atoms with Crippen molar-refractivity contribution in [2.45, 2.75) is 89.5 Å². The van der Waals surface area contributed by atoms with Crippen LogP contribution in [0.25, 0.3) is 33.1 Å². The van der Waals surface area contributed by atoms with Crippen LogP contribution in [0.4, 0.5) is 10.6 Å². The number of amides is 1. The lowest BCUT2D eigenvalue weighted by Gasteiger charge is -2.35. The number of benzene rings is 2. The van der Waals surface area contributed by atoms with Crippen LogP contribution in [0.1, 0.15) is 83.4 Å². The molecule has 3 aliphatic heterocycles. The van der Waals surface area contributed by atoms with Crippen molar-refractivity contribution in [3.63, 3.8) is 0 Å². The molecule has 1 amide bonds. The highest BCUT2D eigenvalue weighted by Crippen LogP contribution is 2.38. The number of rotatable bonds is 5. The standard InChI is InChI=1S/C36H45N5O4/c1-36(2,3)45-35(42)37-27-12-8-17-40(22-27)34-28-13-5-4-10-25(28)21-30(38-34)33-29-20-24(26-11-9-18-43-23-26)15-16-31(29)41(39-33)32-14-6-7-19-44-32/h4-5,10,13,15-16,20-21,26-27,32H,6-9,11-12,14,17-19,22-23H2,1-3H3,(H,37,42)/t26?,27-,32?/m0/s1. The average molecular weight is 612 g/mol.